The van der Waals surface area contributed by atoms with E-state index >= 15 is 0 Å². The molecule has 3 heterocycles. The van der Waals surface area contributed by atoms with Gasteiger partial charge in [-0.1, -0.05) is 12.1 Å². The van der Waals surface area contributed by atoms with Crippen molar-refractivity contribution in [3.63, 3.8) is 0 Å². The third-order valence-electron chi connectivity index (χ3n) is 5.79. The SMILES string of the molecule is COc1cc(-c2cc3nccc(-c4cccc(C(=O)NCc5ccn[nH]5)c4)c3o2)cc(OC)c1OC. The van der Waals surface area contributed by atoms with Gasteiger partial charge in [0, 0.05) is 35.2 Å². The monoisotopic (exact) mass is 484 g/mol. The summed E-state index contributed by atoms with van der Waals surface area (Å²) in [5, 5.41) is 9.62. The molecular weight excluding hydrogens is 460 g/mol. The number of aromatic nitrogens is 3. The standard InChI is InChI=1S/C27H24N4O5/c1-33-23-12-18(13-24(34-2)26(23)35-3)22-14-21-25(36-22)20(8-9-28-21)16-5-4-6-17(11-16)27(32)29-15-19-7-10-30-31-19/h4-14H,15H2,1-3H3,(H,29,32)(H,30,31). The molecule has 0 saturated heterocycles. The number of methoxy groups -OCH3 is 3. The Bertz CT molecular complexity index is 1500. The summed E-state index contributed by atoms with van der Waals surface area (Å²) in [6.45, 7) is 0.360. The van der Waals surface area contributed by atoms with Crippen LogP contribution in [0.2, 0.25) is 0 Å². The molecule has 36 heavy (non-hydrogen) atoms. The number of fused-ring (bicyclic) bond motifs is 1. The van der Waals surface area contributed by atoms with Crippen LogP contribution in [-0.4, -0.2) is 42.4 Å². The van der Waals surface area contributed by atoms with Crippen LogP contribution in [0.25, 0.3) is 33.6 Å². The highest BCUT2D eigenvalue weighted by molar-refractivity contribution is 5.98. The molecule has 3 aromatic heterocycles. The van der Waals surface area contributed by atoms with Gasteiger partial charge in [0.1, 0.15) is 11.3 Å². The second-order valence-corrected chi connectivity index (χ2v) is 7.94. The van der Waals surface area contributed by atoms with Gasteiger partial charge in [-0.15, -0.1) is 0 Å². The van der Waals surface area contributed by atoms with Crippen molar-refractivity contribution in [2.24, 2.45) is 0 Å². The molecule has 0 spiro atoms. The Morgan fingerprint density at radius 2 is 1.75 bits per heavy atom. The van der Waals surface area contributed by atoms with Gasteiger partial charge < -0.3 is 23.9 Å². The predicted molar refractivity (Wildman–Crippen MR) is 134 cm³/mol. The van der Waals surface area contributed by atoms with E-state index in [1.54, 1.807) is 39.8 Å². The van der Waals surface area contributed by atoms with Crippen LogP contribution in [0.1, 0.15) is 16.1 Å². The Kier molecular flexibility index (Phi) is 6.27. The van der Waals surface area contributed by atoms with Gasteiger partial charge in [-0.05, 0) is 42.0 Å². The van der Waals surface area contributed by atoms with Crippen molar-refractivity contribution in [3.05, 3.63) is 78.2 Å². The first kappa shape index (κ1) is 23.0. The Hall–Kier alpha value is -4.79. The van der Waals surface area contributed by atoms with Crippen LogP contribution in [0.4, 0.5) is 0 Å². The summed E-state index contributed by atoms with van der Waals surface area (Å²) in [6.07, 6.45) is 3.36. The van der Waals surface area contributed by atoms with E-state index in [9.17, 15) is 4.79 Å². The van der Waals surface area contributed by atoms with E-state index in [1.165, 1.54) is 0 Å². The number of nitrogens with one attached hydrogen (secondary N) is 2. The zero-order valence-corrected chi connectivity index (χ0v) is 20.0. The van der Waals surface area contributed by atoms with Gasteiger partial charge in [-0.3, -0.25) is 14.9 Å². The van der Waals surface area contributed by atoms with E-state index < -0.39 is 0 Å². The molecule has 0 bridgehead atoms. The van der Waals surface area contributed by atoms with E-state index in [2.05, 4.69) is 20.5 Å². The summed E-state index contributed by atoms with van der Waals surface area (Å²) in [4.78, 5) is 17.2. The van der Waals surface area contributed by atoms with Crippen molar-refractivity contribution < 1.29 is 23.4 Å². The summed E-state index contributed by atoms with van der Waals surface area (Å²) < 4.78 is 22.7. The van der Waals surface area contributed by atoms with Gasteiger partial charge in [-0.25, -0.2) is 0 Å². The van der Waals surface area contributed by atoms with Crippen molar-refractivity contribution in [3.8, 4) is 39.7 Å². The number of rotatable bonds is 8. The number of nitrogens with zero attached hydrogens (tertiary/aromatic N) is 2. The van der Waals surface area contributed by atoms with E-state index in [0.717, 1.165) is 22.4 Å². The van der Waals surface area contributed by atoms with Gasteiger partial charge in [-0.2, -0.15) is 5.10 Å². The molecule has 0 aliphatic rings. The summed E-state index contributed by atoms with van der Waals surface area (Å²) in [7, 11) is 4.69. The van der Waals surface area contributed by atoms with Crippen LogP contribution in [0.5, 0.6) is 17.2 Å². The Balaban J connectivity index is 1.50. The Morgan fingerprint density at radius 3 is 2.44 bits per heavy atom. The molecule has 0 fully saturated rings. The van der Waals surface area contributed by atoms with Crippen LogP contribution in [0, 0.1) is 0 Å². The normalized spacial score (nSPS) is 10.9. The fraction of sp³-hybridized carbons (Fsp3) is 0.148. The lowest BCUT2D eigenvalue weighted by atomic mass is 10.0. The number of amides is 1. The lowest BCUT2D eigenvalue weighted by molar-refractivity contribution is 0.0950. The second kappa shape index (κ2) is 9.83. The largest absolute Gasteiger partial charge is 0.493 e. The highest BCUT2D eigenvalue weighted by atomic mass is 16.5. The summed E-state index contributed by atoms with van der Waals surface area (Å²) in [6, 6.07) is 16.6. The fourth-order valence-corrected chi connectivity index (χ4v) is 4.02. The third-order valence-corrected chi connectivity index (χ3v) is 5.79. The van der Waals surface area contributed by atoms with E-state index in [0.29, 0.717) is 46.2 Å². The average molecular weight is 485 g/mol. The number of hydrogen-bond acceptors (Lipinski definition) is 7. The summed E-state index contributed by atoms with van der Waals surface area (Å²) in [5.74, 6) is 1.96. The first-order valence-corrected chi connectivity index (χ1v) is 11.2. The number of benzene rings is 2. The molecule has 0 atom stereocenters. The Labute approximate surface area is 207 Å². The molecule has 2 N–H and O–H groups in total. The molecular formula is C27H24N4O5. The first-order valence-electron chi connectivity index (χ1n) is 11.2. The number of ether oxygens (including phenoxy) is 3. The molecule has 9 nitrogen and oxygen atoms in total. The molecule has 0 aliphatic carbocycles. The Morgan fingerprint density at radius 1 is 0.944 bits per heavy atom. The van der Waals surface area contributed by atoms with Gasteiger partial charge in [0.2, 0.25) is 5.75 Å². The van der Waals surface area contributed by atoms with Crippen LogP contribution < -0.4 is 19.5 Å². The number of aromatic amines is 1. The number of H-pyrrole nitrogens is 1. The average Bonchev–Trinajstić information content (AvgIpc) is 3.61. The molecule has 0 aliphatic heterocycles. The van der Waals surface area contributed by atoms with Crippen LogP contribution in [0.3, 0.4) is 0 Å². The molecule has 5 rings (SSSR count). The molecule has 0 radical (unpaired) electrons. The highest BCUT2D eigenvalue weighted by Gasteiger charge is 2.18. The van der Waals surface area contributed by atoms with E-state index in [1.807, 2.05) is 48.5 Å². The number of pyridine rings is 1. The maximum Gasteiger partial charge on any atom is 0.251 e. The molecule has 9 heteroatoms. The summed E-state index contributed by atoms with van der Waals surface area (Å²) >= 11 is 0. The minimum Gasteiger partial charge on any atom is -0.493 e. The van der Waals surface area contributed by atoms with Crippen molar-refractivity contribution in [2.45, 2.75) is 6.54 Å². The molecule has 5 aromatic rings. The smallest absolute Gasteiger partial charge is 0.251 e. The molecule has 0 unspecified atom stereocenters. The van der Waals surface area contributed by atoms with Crippen LogP contribution in [0.15, 0.2) is 71.4 Å². The van der Waals surface area contributed by atoms with Crippen molar-refractivity contribution in [1.82, 2.24) is 20.5 Å². The second-order valence-electron chi connectivity index (χ2n) is 7.94. The quantitative estimate of drug-likeness (QED) is 0.324. The zero-order chi connectivity index (χ0) is 25.1. The molecule has 2 aromatic carbocycles. The van der Waals surface area contributed by atoms with Gasteiger partial charge in [0.25, 0.3) is 5.91 Å². The van der Waals surface area contributed by atoms with Crippen molar-refractivity contribution >= 4 is 17.0 Å². The molecule has 182 valence electrons. The lowest BCUT2D eigenvalue weighted by Gasteiger charge is -2.13. The maximum atomic E-state index is 12.7. The molecule has 1 amide bonds. The van der Waals surface area contributed by atoms with Gasteiger partial charge >= 0.3 is 0 Å². The van der Waals surface area contributed by atoms with Crippen LogP contribution >= 0.6 is 0 Å². The minimum atomic E-state index is -0.186. The third kappa shape index (κ3) is 4.34. The van der Waals surface area contributed by atoms with E-state index in [-0.39, 0.29) is 5.91 Å². The van der Waals surface area contributed by atoms with Crippen LogP contribution in [-0.2, 0) is 6.54 Å². The zero-order valence-electron chi connectivity index (χ0n) is 20.0. The maximum absolute atomic E-state index is 12.7. The number of carbonyl (C=O) groups excluding carboxylic acids is 1. The lowest BCUT2D eigenvalue weighted by Crippen LogP contribution is -2.22. The van der Waals surface area contributed by atoms with Gasteiger partial charge in [0.15, 0.2) is 17.1 Å². The fourth-order valence-electron chi connectivity index (χ4n) is 4.02. The van der Waals surface area contributed by atoms with E-state index in [4.69, 9.17) is 18.6 Å². The number of hydrogen-bond donors (Lipinski definition) is 2. The highest BCUT2D eigenvalue weighted by Crippen LogP contribution is 2.42. The number of furan rings is 1. The molecule has 0 saturated carbocycles. The number of carbonyl (C=O) groups is 1. The topological polar surface area (TPSA) is 112 Å². The van der Waals surface area contributed by atoms with Gasteiger partial charge in [0.05, 0.1) is 33.6 Å². The van der Waals surface area contributed by atoms with Crippen molar-refractivity contribution in [2.75, 3.05) is 21.3 Å². The predicted octanol–water partition coefficient (Wildman–Crippen LogP) is 4.84. The van der Waals surface area contributed by atoms with Crippen molar-refractivity contribution in [1.29, 1.82) is 0 Å². The minimum absolute atomic E-state index is 0.186. The first-order chi connectivity index (χ1) is 17.6. The summed E-state index contributed by atoms with van der Waals surface area (Å²) in [5.41, 5.74) is 5.06.